The van der Waals surface area contributed by atoms with Crippen LogP contribution in [0.3, 0.4) is 0 Å². The van der Waals surface area contributed by atoms with E-state index >= 15 is 0 Å². The smallest absolute Gasteiger partial charge is 0.255 e. The molecule has 1 amide bonds. The summed E-state index contributed by atoms with van der Waals surface area (Å²) in [5.74, 6) is -0.639. The highest BCUT2D eigenvalue weighted by molar-refractivity contribution is 6.33. The number of hydrogen-bond donors (Lipinski definition) is 1. The van der Waals surface area contributed by atoms with E-state index in [0.717, 1.165) is 6.07 Å². The number of amides is 1. The van der Waals surface area contributed by atoms with E-state index in [-0.39, 0.29) is 22.6 Å². The van der Waals surface area contributed by atoms with E-state index in [1.807, 2.05) is 0 Å². The number of hydrogen-bond acceptors (Lipinski definition) is 3. The molecule has 2 fully saturated rings. The summed E-state index contributed by atoms with van der Waals surface area (Å²) < 4.78 is 19.0. The van der Waals surface area contributed by atoms with Crippen LogP contribution in [-0.4, -0.2) is 47.3 Å². The van der Waals surface area contributed by atoms with Gasteiger partial charge < -0.3 is 14.7 Å². The number of carbonyl (C=O) groups excluding carboxylic acids is 1. The van der Waals surface area contributed by atoms with Crippen molar-refractivity contribution >= 4 is 17.5 Å². The normalized spacial score (nSPS) is 24.5. The first-order chi connectivity index (χ1) is 10.5. The highest BCUT2D eigenvalue weighted by Crippen LogP contribution is 2.35. The molecule has 2 aliphatic heterocycles. The van der Waals surface area contributed by atoms with Crippen LogP contribution in [0.4, 0.5) is 4.39 Å². The van der Waals surface area contributed by atoms with Crippen LogP contribution in [0, 0.1) is 5.82 Å². The third-order valence-electron chi connectivity index (χ3n) is 4.59. The molecule has 120 valence electrons. The summed E-state index contributed by atoms with van der Waals surface area (Å²) >= 11 is 5.96. The number of likely N-dealkylation sites (tertiary alicyclic amines) is 1. The van der Waals surface area contributed by atoms with E-state index in [1.165, 1.54) is 12.1 Å². The first-order valence-electron chi connectivity index (χ1n) is 7.55. The molecule has 4 nitrogen and oxygen atoms in total. The van der Waals surface area contributed by atoms with Gasteiger partial charge >= 0.3 is 0 Å². The van der Waals surface area contributed by atoms with E-state index < -0.39 is 5.82 Å². The zero-order valence-electron chi connectivity index (χ0n) is 12.2. The summed E-state index contributed by atoms with van der Waals surface area (Å²) in [6.45, 7) is 1.68. The molecule has 0 aromatic heterocycles. The maximum absolute atomic E-state index is 13.1. The monoisotopic (exact) mass is 327 g/mol. The second kappa shape index (κ2) is 6.14. The van der Waals surface area contributed by atoms with Crippen molar-refractivity contribution < 1.29 is 19.0 Å². The molecule has 1 N–H and O–H groups in total. The number of carbonyl (C=O) groups is 1. The van der Waals surface area contributed by atoms with E-state index in [2.05, 4.69) is 0 Å². The second-order valence-corrected chi connectivity index (χ2v) is 6.50. The quantitative estimate of drug-likeness (QED) is 0.862. The summed E-state index contributed by atoms with van der Waals surface area (Å²) in [7, 11) is 0. The Morgan fingerprint density at radius 3 is 2.77 bits per heavy atom. The summed E-state index contributed by atoms with van der Waals surface area (Å²) in [4.78, 5) is 14.2. The van der Waals surface area contributed by atoms with Crippen molar-refractivity contribution in [2.45, 2.75) is 37.4 Å². The zero-order chi connectivity index (χ0) is 15.7. The van der Waals surface area contributed by atoms with E-state index in [1.54, 1.807) is 4.90 Å². The molecular formula is C16H19ClFNO3. The van der Waals surface area contributed by atoms with Crippen molar-refractivity contribution in [1.29, 1.82) is 0 Å². The predicted octanol–water partition coefficient (Wildman–Crippen LogP) is 2.63. The van der Waals surface area contributed by atoms with Crippen molar-refractivity contribution in [3.05, 3.63) is 34.6 Å². The molecule has 3 rings (SSSR count). The Bertz CT molecular complexity index is 573. The highest BCUT2D eigenvalue weighted by atomic mass is 35.5. The number of piperidine rings is 1. The van der Waals surface area contributed by atoms with Crippen LogP contribution in [0.15, 0.2) is 18.2 Å². The summed E-state index contributed by atoms with van der Waals surface area (Å²) in [5, 5.41) is 9.96. The first kappa shape index (κ1) is 15.7. The Morgan fingerprint density at radius 1 is 1.41 bits per heavy atom. The highest BCUT2D eigenvalue weighted by Gasteiger charge is 2.41. The number of ether oxygens (including phenoxy) is 1. The van der Waals surface area contributed by atoms with Crippen LogP contribution in [0.5, 0.6) is 0 Å². The Labute approximate surface area is 133 Å². The lowest BCUT2D eigenvalue weighted by Crippen LogP contribution is -2.51. The summed E-state index contributed by atoms with van der Waals surface area (Å²) in [6.07, 6.45) is 2.40. The van der Waals surface area contributed by atoms with E-state index in [9.17, 15) is 14.3 Å². The molecule has 1 spiro atoms. The van der Waals surface area contributed by atoms with Crippen LogP contribution in [0.2, 0.25) is 5.02 Å². The van der Waals surface area contributed by atoms with Crippen molar-refractivity contribution in [2.75, 3.05) is 19.7 Å². The number of rotatable bonds is 1. The second-order valence-electron chi connectivity index (χ2n) is 6.09. The van der Waals surface area contributed by atoms with Crippen LogP contribution in [0.25, 0.3) is 0 Å². The third kappa shape index (κ3) is 3.12. The fourth-order valence-corrected chi connectivity index (χ4v) is 3.55. The number of halogens is 2. The molecule has 0 unspecified atom stereocenters. The minimum atomic E-state index is -0.455. The maximum Gasteiger partial charge on any atom is 0.255 e. The maximum atomic E-state index is 13.1. The number of aliphatic hydroxyl groups excluding tert-OH is 1. The molecule has 0 aliphatic carbocycles. The standard InChI is InChI=1S/C16H19ClFNO3/c17-14-9-11(18)1-2-13(14)15(21)19-6-4-16(5-7-19)10-12(20)3-8-22-16/h1-2,9,12,20H,3-8,10H2/t12-/m0/s1. The first-order valence-corrected chi connectivity index (χ1v) is 7.93. The fourth-order valence-electron chi connectivity index (χ4n) is 3.30. The Kier molecular flexibility index (Phi) is 4.39. The van der Waals surface area contributed by atoms with Gasteiger partial charge in [0.25, 0.3) is 5.91 Å². The van der Waals surface area contributed by atoms with Crippen molar-refractivity contribution in [2.24, 2.45) is 0 Å². The van der Waals surface area contributed by atoms with Gasteiger partial charge in [-0.05, 0) is 37.5 Å². The van der Waals surface area contributed by atoms with Gasteiger partial charge in [-0.15, -0.1) is 0 Å². The number of aliphatic hydroxyl groups is 1. The fraction of sp³-hybridized carbons (Fsp3) is 0.562. The molecule has 2 aliphatic rings. The SMILES string of the molecule is O=C(c1ccc(F)cc1Cl)N1CCC2(CC1)C[C@@H](O)CCO2. The van der Waals surface area contributed by atoms with Gasteiger partial charge in [0.1, 0.15) is 5.82 Å². The van der Waals surface area contributed by atoms with Gasteiger partial charge in [0.15, 0.2) is 0 Å². The molecule has 22 heavy (non-hydrogen) atoms. The minimum absolute atomic E-state index is 0.134. The Morgan fingerprint density at radius 2 is 2.14 bits per heavy atom. The van der Waals surface area contributed by atoms with Crippen molar-refractivity contribution in [3.63, 3.8) is 0 Å². The van der Waals surface area contributed by atoms with Gasteiger partial charge in [0.2, 0.25) is 0 Å². The number of benzene rings is 1. The molecule has 0 saturated carbocycles. The van der Waals surface area contributed by atoms with Gasteiger partial charge in [0, 0.05) is 26.1 Å². The van der Waals surface area contributed by atoms with Gasteiger partial charge in [-0.1, -0.05) is 11.6 Å². The summed E-state index contributed by atoms with van der Waals surface area (Å²) in [6, 6.07) is 3.82. The van der Waals surface area contributed by atoms with E-state index in [0.29, 0.717) is 50.9 Å². The molecule has 0 radical (unpaired) electrons. The minimum Gasteiger partial charge on any atom is -0.393 e. The predicted molar refractivity (Wildman–Crippen MR) is 80.5 cm³/mol. The van der Waals surface area contributed by atoms with Gasteiger partial charge in [-0.3, -0.25) is 4.79 Å². The van der Waals surface area contributed by atoms with Crippen molar-refractivity contribution in [3.8, 4) is 0 Å². The molecule has 6 heteroatoms. The average Bonchev–Trinajstić information content (AvgIpc) is 2.47. The van der Waals surface area contributed by atoms with E-state index in [4.69, 9.17) is 16.3 Å². The molecule has 1 atom stereocenters. The van der Waals surface area contributed by atoms with Crippen LogP contribution in [-0.2, 0) is 4.74 Å². The van der Waals surface area contributed by atoms with Gasteiger partial charge in [-0.2, -0.15) is 0 Å². The van der Waals surface area contributed by atoms with Crippen LogP contribution < -0.4 is 0 Å². The molecule has 1 aromatic carbocycles. The zero-order valence-corrected chi connectivity index (χ0v) is 13.0. The van der Waals surface area contributed by atoms with Gasteiger partial charge in [0.05, 0.1) is 22.3 Å². The Balaban J connectivity index is 1.67. The lowest BCUT2D eigenvalue weighted by Gasteiger charge is -2.45. The third-order valence-corrected chi connectivity index (χ3v) is 4.90. The van der Waals surface area contributed by atoms with Crippen molar-refractivity contribution in [1.82, 2.24) is 4.90 Å². The van der Waals surface area contributed by atoms with Crippen LogP contribution in [0.1, 0.15) is 36.0 Å². The lowest BCUT2D eigenvalue weighted by molar-refractivity contribution is -0.139. The Hall–Kier alpha value is -1.17. The molecular weight excluding hydrogens is 309 g/mol. The molecule has 0 bridgehead atoms. The summed E-state index contributed by atoms with van der Waals surface area (Å²) in [5.41, 5.74) is 0.0183. The van der Waals surface area contributed by atoms with Gasteiger partial charge in [-0.25, -0.2) is 4.39 Å². The number of nitrogens with zero attached hydrogens (tertiary/aromatic N) is 1. The average molecular weight is 328 g/mol. The van der Waals surface area contributed by atoms with Crippen LogP contribution >= 0.6 is 11.6 Å². The molecule has 1 aromatic rings. The largest absolute Gasteiger partial charge is 0.393 e. The topological polar surface area (TPSA) is 49.8 Å². The lowest BCUT2D eigenvalue weighted by atomic mass is 9.83. The molecule has 2 heterocycles. The molecule has 2 saturated heterocycles.